The van der Waals surface area contributed by atoms with Gasteiger partial charge in [0.2, 0.25) is 0 Å². The molecule has 3 aliphatic rings. The molecule has 3 fully saturated rings. The predicted octanol–water partition coefficient (Wildman–Crippen LogP) is 7.49. The standard InChI is InChI=1S/C66H74O19/c1-43(67)74-42-54-58(79-44(2)68)59(80-45(3)69)55(70)65(82-54)85-63-61(78-39-51-32-20-9-21-33-51)57(76-37-49-28-16-7-17-29-49)53(41-73-35-47-24-12-5-13-25-47)83-66(63)84-62-60(77-38-50-30-18-8-19-31-50)56(75-36-48-26-14-6-15-27-48)52(81-64(62)71)40-72-34-46-22-10-4-11-23-46/h4-33,52-66,70-71H,34-42H2,1-3H3/t52-,53-,54-,55-,56-,57-,58-,59-,60+,61+,62-,63-,64-,65-,66-/m1/s1. The van der Waals surface area contributed by atoms with Crippen LogP contribution in [0.15, 0.2) is 182 Å². The maximum Gasteiger partial charge on any atom is 0.303 e. The Morgan fingerprint density at radius 2 is 0.682 bits per heavy atom. The number of esters is 3. The van der Waals surface area contributed by atoms with Crippen molar-refractivity contribution in [3.63, 3.8) is 0 Å². The summed E-state index contributed by atoms with van der Waals surface area (Å²) in [7, 11) is 0. The number of aliphatic hydroxyl groups excluding tert-OH is 2. The fourth-order valence-corrected chi connectivity index (χ4v) is 10.3. The summed E-state index contributed by atoms with van der Waals surface area (Å²) in [5, 5.41) is 25.0. The van der Waals surface area contributed by atoms with Crippen molar-refractivity contribution in [3.8, 4) is 0 Å². The van der Waals surface area contributed by atoms with E-state index in [0.717, 1.165) is 47.2 Å². The molecule has 15 atom stereocenters. The van der Waals surface area contributed by atoms with E-state index in [1.807, 2.05) is 182 Å². The third kappa shape index (κ3) is 18.4. The third-order valence-corrected chi connectivity index (χ3v) is 14.4. The summed E-state index contributed by atoms with van der Waals surface area (Å²) in [5.41, 5.74) is 5.04. The molecule has 0 aliphatic carbocycles. The molecule has 3 heterocycles. The van der Waals surface area contributed by atoms with Gasteiger partial charge < -0.3 is 76.5 Å². The largest absolute Gasteiger partial charge is 0.463 e. The van der Waals surface area contributed by atoms with E-state index in [-0.39, 0.29) is 52.9 Å². The Kier molecular flexibility index (Phi) is 23.7. The third-order valence-electron chi connectivity index (χ3n) is 14.4. The van der Waals surface area contributed by atoms with E-state index in [0.29, 0.717) is 0 Å². The number of carbonyl (C=O) groups excluding carboxylic acids is 3. The number of hydrogen-bond donors (Lipinski definition) is 2. The molecule has 0 spiro atoms. The van der Waals surface area contributed by atoms with Gasteiger partial charge in [0.1, 0.15) is 67.6 Å². The number of aliphatic hydroxyl groups is 2. The second kappa shape index (κ2) is 32.1. The summed E-state index contributed by atoms with van der Waals surface area (Å²) in [5.74, 6) is -2.35. The molecule has 19 nitrogen and oxygen atoms in total. The summed E-state index contributed by atoms with van der Waals surface area (Å²) in [6, 6.07) is 57.1. The van der Waals surface area contributed by atoms with E-state index in [4.69, 9.17) is 66.3 Å². The number of rotatable bonds is 28. The molecule has 19 heteroatoms. The molecular formula is C66H74O19. The molecule has 2 N–H and O–H groups in total. The first kappa shape index (κ1) is 62.7. The molecular weight excluding hydrogens is 1100 g/mol. The summed E-state index contributed by atoms with van der Waals surface area (Å²) >= 11 is 0. The highest BCUT2D eigenvalue weighted by Crippen LogP contribution is 2.38. The summed E-state index contributed by atoms with van der Waals surface area (Å²) in [6.45, 7) is 3.35. The zero-order valence-electron chi connectivity index (χ0n) is 47.7. The average Bonchev–Trinajstić information content (AvgIpc) is 3.48. The van der Waals surface area contributed by atoms with Crippen LogP contribution in [0.4, 0.5) is 0 Å². The fourth-order valence-electron chi connectivity index (χ4n) is 10.3. The Balaban J connectivity index is 1.14. The van der Waals surface area contributed by atoms with Crippen LogP contribution < -0.4 is 0 Å². The minimum absolute atomic E-state index is 0.0212. The molecule has 0 saturated carbocycles. The SMILES string of the molecule is CC(=O)OC[C@H]1O[C@H](O[C@H]2[C@@H](O[C@@H]3[C@@H](OCc4ccccc4)[C@H](OCc4ccccc4)[C@@H](COCc4ccccc4)O[C@H]3O)O[C@H](COCc3ccccc3)[C@@H](OCc3ccccc3)[C@@H]2OCc2ccccc2)[C@H](O)[C@@H](OC(C)=O)[C@@H]1OC(C)=O. The lowest BCUT2D eigenvalue weighted by atomic mass is 9.95. The molecule has 6 aromatic carbocycles. The van der Waals surface area contributed by atoms with Gasteiger partial charge in [-0.2, -0.15) is 0 Å². The molecule has 0 bridgehead atoms. The lowest BCUT2D eigenvalue weighted by Gasteiger charge is -2.51. The van der Waals surface area contributed by atoms with Gasteiger partial charge in [0.25, 0.3) is 0 Å². The van der Waals surface area contributed by atoms with Gasteiger partial charge in [0, 0.05) is 20.8 Å². The number of hydrogen-bond acceptors (Lipinski definition) is 19. The van der Waals surface area contributed by atoms with E-state index in [1.54, 1.807) is 0 Å². The van der Waals surface area contributed by atoms with Crippen LogP contribution in [-0.2, 0) is 120 Å². The zero-order valence-corrected chi connectivity index (χ0v) is 47.7. The molecule has 0 aromatic heterocycles. The van der Waals surface area contributed by atoms with Gasteiger partial charge >= 0.3 is 17.9 Å². The highest BCUT2D eigenvalue weighted by molar-refractivity contribution is 5.68. The molecule has 0 amide bonds. The molecule has 452 valence electrons. The Hall–Kier alpha value is -6.79. The average molecular weight is 1170 g/mol. The van der Waals surface area contributed by atoms with E-state index < -0.39 is 117 Å². The molecule has 85 heavy (non-hydrogen) atoms. The van der Waals surface area contributed by atoms with Crippen LogP contribution in [0.5, 0.6) is 0 Å². The van der Waals surface area contributed by atoms with Crippen molar-refractivity contribution >= 4 is 17.9 Å². The predicted molar refractivity (Wildman–Crippen MR) is 304 cm³/mol. The monoisotopic (exact) mass is 1170 g/mol. The highest BCUT2D eigenvalue weighted by Gasteiger charge is 2.57. The normalized spacial score (nSPS) is 27.6. The van der Waals surface area contributed by atoms with Crippen LogP contribution in [0.25, 0.3) is 0 Å². The van der Waals surface area contributed by atoms with Crippen molar-refractivity contribution in [1.29, 1.82) is 0 Å². The molecule has 3 aliphatic heterocycles. The molecule has 9 rings (SSSR count). The Morgan fingerprint density at radius 1 is 0.353 bits per heavy atom. The number of ether oxygens (including phenoxy) is 14. The smallest absolute Gasteiger partial charge is 0.303 e. The van der Waals surface area contributed by atoms with Gasteiger partial charge in [-0.05, 0) is 33.4 Å². The fraction of sp³-hybridized carbons (Fsp3) is 0.409. The maximum absolute atomic E-state index is 12.9. The van der Waals surface area contributed by atoms with Gasteiger partial charge in [-0.3, -0.25) is 14.4 Å². The van der Waals surface area contributed by atoms with Crippen LogP contribution >= 0.6 is 0 Å². The summed E-state index contributed by atoms with van der Waals surface area (Å²) in [6.07, 6.45) is -20.9. The van der Waals surface area contributed by atoms with E-state index in [1.165, 1.54) is 6.92 Å². The van der Waals surface area contributed by atoms with Crippen LogP contribution in [0, 0.1) is 0 Å². The Bertz CT molecular complexity index is 2910. The maximum atomic E-state index is 12.9. The van der Waals surface area contributed by atoms with Gasteiger partial charge in [-0.15, -0.1) is 0 Å². The van der Waals surface area contributed by atoms with Crippen molar-refractivity contribution in [2.45, 2.75) is 153 Å². The summed E-state index contributed by atoms with van der Waals surface area (Å²) in [4.78, 5) is 37.9. The number of benzene rings is 6. The second-order valence-electron chi connectivity index (χ2n) is 20.8. The van der Waals surface area contributed by atoms with Gasteiger partial charge in [0.05, 0.1) is 52.9 Å². The van der Waals surface area contributed by atoms with E-state index in [9.17, 15) is 24.6 Å². The van der Waals surface area contributed by atoms with Crippen molar-refractivity contribution < 1.29 is 90.9 Å². The highest BCUT2D eigenvalue weighted by atomic mass is 16.8. The van der Waals surface area contributed by atoms with Crippen molar-refractivity contribution in [1.82, 2.24) is 0 Å². The minimum Gasteiger partial charge on any atom is -0.463 e. The second-order valence-corrected chi connectivity index (χ2v) is 20.8. The topological polar surface area (TPSA) is 221 Å². The molecule has 6 aromatic rings. The van der Waals surface area contributed by atoms with E-state index >= 15 is 0 Å². The van der Waals surface area contributed by atoms with Crippen molar-refractivity contribution in [2.24, 2.45) is 0 Å². The molecule has 0 radical (unpaired) electrons. The minimum atomic E-state index is -1.90. The quantitative estimate of drug-likeness (QED) is 0.0359. The lowest BCUT2D eigenvalue weighted by molar-refractivity contribution is -0.400. The van der Waals surface area contributed by atoms with Crippen molar-refractivity contribution in [2.75, 3.05) is 19.8 Å². The van der Waals surface area contributed by atoms with Crippen LogP contribution in [-0.4, -0.2) is 140 Å². The van der Waals surface area contributed by atoms with E-state index in [2.05, 4.69) is 0 Å². The van der Waals surface area contributed by atoms with Gasteiger partial charge in [-0.25, -0.2) is 0 Å². The van der Waals surface area contributed by atoms with Crippen LogP contribution in [0.3, 0.4) is 0 Å². The Morgan fingerprint density at radius 3 is 1.08 bits per heavy atom. The first-order valence-electron chi connectivity index (χ1n) is 28.4. The van der Waals surface area contributed by atoms with Crippen LogP contribution in [0.1, 0.15) is 54.2 Å². The molecule has 3 saturated heterocycles. The summed E-state index contributed by atoms with van der Waals surface area (Å²) < 4.78 is 91.4. The number of carbonyl (C=O) groups is 3. The molecule has 0 unspecified atom stereocenters. The zero-order chi connectivity index (χ0) is 59.3. The Labute approximate surface area is 494 Å². The first-order chi connectivity index (χ1) is 41.4. The van der Waals surface area contributed by atoms with Gasteiger partial charge in [0.15, 0.2) is 31.1 Å². The first-order valence-corrected chi connectivity index (χ1v) is 28.4. The van der Waals surface area contributed by atoms with Crippen molar-refractivity contribution in [3.05, 3.63) is 215 Å². The van der Waals surface area contributed by atoms with Crippen LogP contribution in [0.2, 0.25) is 0 Å². The lowest BCUT2D eigenvalue weighted by Crippen LogP contribution is -2.68. The van der Waals surface area contributed by atoms with Gasteiger partial charge in [-0.1, -0.05) is 182 Å².